The fourth-order valence-electron chi connectivity index (χ4n) is 2.65. The molecule has 156 valence electrons. The third-order valence-electron chi connectivity index (χ3n) is 4.34. The molecule has 2 aromatic carbocycles. The van der Waals surface area contributed by atoms with E-state index in [1.807, 2.05) is 49.3 Å². The van der Waals surface area contributed by atoms with Crippen LogP contribution < -0.4 is 15.6 Å². The predicted octanol–water partition coefficient (Wildman–Crippen LogP) is 3.07. The van der Waals surface area contributed by atoms with Crippen molar-refractivity contribution in [2.24, 2.45) is 5.10 Å². The lowest BCUT2D eigenvalue weighted by Crippen LogP contribution is -2.32. The first-order valence-corrected chi connectivity index (χ1v) is 9.62. The lowest BCUT2D eigenvalue weighted by Gasteiger charge is -2.12. The number of aromatic nitrogens is 1. The number of hydrazone groups is 1. The van der Waals surface area contributed by atoms with Crippen molar-refractivity contribution in [3.63, 3.8) is 0 Å². The summed E-state index contributed by atoms with van der Waals surface area (Å²) in [6, 6.07) is 19.8. The summed E-state index contributed by atoms with van der Waals surface area (Å²) >= 11 is 0. The van der Waals surface area contributed by atoms with Crippen LogP contribution >= 0.6 is 0 Å². The highest BCUT2D eigenvalue weighted by atomic mass is 16.2. The van der Waals surface area contributed by atoms with Gasteiger partial charge in [-0.15, -0.1) is 0 Å². The molecular formula is C24H23N5O2. The second-order valence-corrected chi connectivity index (χ2v) is 6.84. The van der Waals surface area contributed by atoms with Gasteiger partial charge in [-0.05, 0) is 53.6 Å². The summed E-state index contributed by atoms with van der Waals surface area (Å²) in [6.07, 6.45) is 6.37. The Bertz CT molecular complexity index is 1080. The summed E-state index contributed by atoms with van der Waals surface area (Å²) < 4.78 is 0. The Morgan fingerprint density at radius 1 is 0.903 bits per heavy atom. The van der Waals surface area contributed by atoms with E-state index >= 15 is 0 Å². The van der Waals surface area contributed by atoms with Crippen molar-refractivity contribution in [2.45, 2.75) is 0 Å². The average molecular weight is 413 g/mol. The maximum atomic E-state index is 12.8. The van der Waals surface area contributed by atoms with Gasteiger partial charge in [0.1, 0.15) is 5.70 Å². The highest BCUT2D eigenvalue weighted by Crippen LogP contribution is 2.14. The molecule has 1 aromatic heterocycles. The number of amides is 2. The van der Waals surface area contributed by atoms with E-state index in [2.05, 4.69) is 20.8 Å². The molecule has 0 fully saturated rings. The predicted molar refractivity (Wildman–Crippen MR) is 123 cm³/mol. The van der Waals surface area contributed by atoms with Gasteiger partial charge in [0.25, 0.3) is 11.8 Å². The van der Waals surface area contributed by atoms with Crippen LogP contribution in [0.5, 0.6) is 0 Å². The van der Waals surface area contributed by atoms with Gasteiger partial charge < -0.3 is 10.2 Å². The number of anilines is 1. The summed E-state index contributed by atoms with van der Waals surface area (Å²) in [4.78, 5) is 31.3. The van der Waals surface area contributed by atoms with Gasteiger partial charge in [0.05, 0.1) is 6.21 Å². The molecule has 0 aliphatic rings. The maximum Gasteiger partial charge on any atom is 0.287 e. The first-order chi connectivity index (χ1) is 15.0. The molecule has 31 heavy (non-hydrogen) atoms. The molecule has 0 aliphatic heterocycles. The lowest BCUT2D eigenvalue weighted by atomic mass is 10.1. The van der Waals surface area contributed by atoms with Crippen LogP contribution in [0.15, 0.2) is 89.9 Å². The second kappa shape index (κ2) is 10.5. The third-order valence-corrected chi connectivity index (χ3v) is 4.34. The van der Waals surface area contributed by atoms with Gasteiger partial charge in [-0.2, -0.15) is 5.10 Å². The van der Waals surface area contributed by atoms with Gasteiger partial charge in [-0.25, -0.2) is 5.43 Å². The summed E-state index contributed by atoms with van der Waals surface area (Å²) in [5.74, 6) is -0.920. The molecular weight excluding hydrogens is 390 g/mol. The van der Waals surface area contributed by atoms with E-state index in [4.69, 9.17) is 0 Å². The molecule has 7 nitrogen and oxygen atoms in total. The summed E-state index contributed by atoms with van der Waals surface area (Å²) in [7, 11) is 3.90. The van der Waals surface area contributed by atoms with Gasteiger partial charge in [0, 0.05) is 37.7 Å². The minimum Gasteiger partial charge on any atom is -0.378 e. The van der Waals surface area contributed by atoms with Crippen molar-refractivity contribution in [1.82, 2.24) is 15.7 Å². The molecule has 0 atom stereocenters. The fraction of sp³-hybridized carbons (Fsp3) is 0.0833. The molecule has 0 aliphatic carbocycles. The SMILES string of the molecule is CN(C)c1ccc(/C=C(\NC(=O)c2ccccc2)C(=O)N/N=C\c2ccncc2)cc1. The lowest BCUT2D eigenvalue weighted by molar-refractivity contribution is -0.117. The minimum absolute atomic E-state index is 0.0818. The van der Waals surface area contributed by atoms with Crippen molar-refractivity contribution in [2.75, 3.05) is 19.0 Å². The van der Waals surface area contributed by atoms with E-state index in [0.717, 1.165) is 16.8 Å². The quantitative estimate of drug-likeness (QED) is 0.354. The van der Waals surface area contributed by atoms with Crippen molar-refractivity contribution in [1.29, 1.82) is 0 Å². The van der Waals surface area contributed by atoms with Crippen LogP contribution in [-0.2, 0) is 4.79 Å². The van der Waals surface area contributed by atoms with Crippen LogP contribution in [0.2, 0.25) is 0 Å². The molecule has 3 rings (SSSR count). The number of hydrogen-bond donors (Lipinski definition) is 2. The van der Waals surface area contributed by atoms with Crippen molar-refractivity contribution in [3.8, 4) is 0 Å². The number of carbonyl (C=O) groups excluding carboxylic acids is 2. The monoisotopic (exact) mass is 413 g/mol. The van der Waals surface area contributed by atoms with E-state index in [1.165, 1.54) is 6.21 Å². The van der Waals surface area contributed by atoms with E-state index in [0.29, 0.717) is 5.56 Å². The van der Waals surface area contributed by atoms with E-state index < -0.39 is 5.91 Å². The van der Waals surface area contributed by atoms with Crippen molar-refractivity contribution >= 4 is 29.8 Å². The summed E-state index contributed by atoms with van der Waals surface area (Å²) in [6.45, 7) is 0. The van der Waals surface area contributed by atoms with E-state index in [-0.39, 0.29) is 11.6 Å². The first kappa shape index (κ1) is 21.4. The minimum atomic E-state index is -0.536. The molecule has 0 spiro atoms. The number of hydrogen-bond acceptors (Lipinski definition) is 5. The molecule has 2 N–H and O–H groups in total. The molecule has 0 saturated heterocycles. The Kier molecular flexibility index (Phi) is 7.26. The van der Waals surface area contributed by atoms with Crippen molar-refractivity contribution in [3.05, 3.63) is 102 Å². The molecule has 7 heteroatoms. The Morgan fingerprint density at radius 2 is 1.58 bits per heavy atom. The number of pyridine rings is 1. The highest BCUT2D eigenvalue weighted by molar-refractivity contribution is 6.05. The molecule has 0 saturated carbocycles. The number of carbonyl (C=O) groups is 2. The van der Waals surface area contributed by atoms with Gasteiger partial charge in [-0.3, -0.25) is 14.6 Å². The molecule has 1 heterocycles. The zero-order valence-electron chi connectivity index (χ0n) is 17.3. The molecule has 2 amide bonds. The Labute approximate surface area is 181 Å². The zero-order chi connectivity index (χ0) is 22.1. The normalized spacial score (nSPS) is 11.2. The van der Waals surface area contributed by atoms with E-state index in [1.54, 1.807) is 54.9 Å². The molecule has 0 radical (unpaired) electrons. The topological polar surface area (TPSA) is 86.7 Å². The van der Waals surface area contributed by atoms with Gasteiger partial charge in [-0.1, -0.05) is 30.3 Å². The number of benzene rings is 2. The average Bonchev–Trinajstić information content (AvgIpc) is 2.80. The van der Waals surface area contributed by atoms with Gasteiger partial charge in [0.15, 0.2) is 0 Å². The number of nitrogens with one attached hydrogen (secondary N) is 2. The van der Waals surface area contributed by atoms with Crippen LogP contribution in [0.4, 0.5) is 5.69 Å². The summed E-state index contributed by atoms with van der Waals surface area (Å²) in [5, 5.41) is 6.65. The van der Waals surface area contributed by atoms with E-state index in [9.17, 15) is 9.59 Å². The molecule has 0 unspecified atom stereocenters. The standard InChI is InChI=1S/C24H23N5O2/c1-29(2)21-10-8-18(9-11-21)16-22(27-23(30)20-6-4-3-5-7-20)24(31)28-26-17-19-12-14-25-15-13-19/h3-17H,1-2H3,(H,27,30)(H,28,31)/b22-16-,26-17-. The number of rotatable bonds is 7. The van der Waals surface area contributed by atoms with Gasteiger partial charge >= 0.3 is 0 Å². The fourth-order valence-corrected chi connectivity index (χ4v) is 2.65. The Morgan fingerprint density at radius 3 is 2.23 bits per heavy atom. The van der Waals surface area contributed by atoms with Crippen LogP contribution in [0, 0.1) is 0 Å². The maximum absolute atomic E-state index is 12.8. The Hall–Kier alpha value is -4.26. The van der Waals surface area contributed by atoms with Crippen molar-refractivity contribution < 1.29 is 9.59 Å². The Balaban J connectivity index is 1.81. The largest absolute Gasteiger partial charge is 0.378 e. The third kappa shape index (κ3) is 6.37. The molecule has 0 bridgehead atoms. The zero-order valence-corrected chi connectivity index (χ0v) is 17.3. The molecule has 3 aromatic rings. The van der Waals surface area contributed by atoms with Crippen LogP contribution in [-0.4, -0.2) is 37.1 Å². The first-order valence-electron chi connectivity index (χ1n) is 9.62. The van der Waals surface area contributed by atoms with Crippen LogP contribution in [0.3, 0.4) is 0 Å². The summed E-state index contributed by atoms with van der Waals surface area (Å²) in [5.41, 5.74) is 5.56. The van der Waals surface area contributed by atoms with Crippen LogP contribution in [0.25, 0.3) is 6.08 Å². The smallest absolute Gasteiger partial charge is 0.287 e. The highest BCUT2D eigenvalue weighted by Gasteiger charge is 2.14. The number of nitrogens with zero attached hydrogens (tertiary/aromatic N) is 3. The van der Waals surface area contributed by atoms with Gasteiger partial charge in [0.2, 0.25) is 0 Å². The second-order valence-electron chi connectivity index (χ2n) is 6.84. The van der Waals surface area contributed by atoms with Crippen LogP contribution in [0.1, 0.15) is 21.5 Å².